The third-order valence-corrected chi connectivity index (χ3v) is 4.93. The maximum atomic E-state index is 5.52. The van der Waals surface area contributed by atoms with Gasteiger partial charge in [-0.25, -0.2) is 4.68 Å². The molecule has 6 nitrogen and oxygen atoms in total. The number of hydrogen-bond acceptors (Lipinski definition) is 6. The Morgan fingerprint density at radius 2 is 2.04 bits per heavy atom. The first-order valence-electron chi connectivity index (χ1n) is 7.90. The number of ether oxygens (including phenoxy) is 1. The normalized spacial score (nSPS) is 10.6. The van der Waals surface area contributed by atoms with E-state index in [4.69, 9.17) is 4.74 Å². The van der Waals surface area contributed by atoms with Crippen LogP contribution in [0.3, 0.4) is 0 Å². The highest BCUT2D eigenvalue weighted by Crippen LogP contribution is 2.27. The first kappa shape index (κ1) is 19.5. The van der Waals surface area contributed by atoms with Crippen molar-refractivity contribution in [1.82, 2.24) is 25.5 Å². The Hall–Kier alpha value is -1.83. The van der Waals surface area contributed by atoms with Crippen LogP contribution in [0.1, 0.15) is 12.0 Å². The molecule has 0 aliphatic heterocycles. The molecule has 0 amide bonds. The molecule has 25 heavy (non-hydrogen) atoms. The predicted molar refractivity (Wildman–Crippen MR) is 96.3 cm³/mol. The summed E-state index contributed by atoms with van der Waals surface area (Å²) in [7, 11) is 3.58. The molecular weight excluding hydrogens is 358 g/mol. The van der Waals surface area contributed by atoms with Crippen LogP contribution in [0.2, 0.25) is 0 Å². The fourth-order valence-electron chi connectivity index (χ4n) is 2.61. The summed E-state index contributed by atoms with van der Waals surface area (Å²) < 4.78 is 7.22. The van der Waals surface area contributed by atoms with Gasteiger partial charge >= 0.3 is 0 Å². The van der Waals surface area contributed by atoms with E-state index in [-0.39, 0.29) is 12.4 Å². The number of aryl methyl sites for hydroxylation is 1. The average Bonchev–Trinajstić information content (AvgIpc) is 3.02. The fourth-order valence-corrected chi connectivity index (χ4v) is 3.40. The number of tetrazole rings is 1. The number of aromatic nitrogens is 4. The molecule has 3 rings (SSSR count). The zero-order valence-electron chi connectivity index (χ0n) is 14.3. The Morgan fingerprint density at radius 3 is 2.80 bits per heavy atom. The van der Waals surface area contributed by atoms with Gasteiger partial charge in [-0.1, -0.05) is 42.1 Å². The number of nitrogens with zero attached hydrogens (tertiary/aromatic N) is 4. The lowest BCUT2D eigenvalue weighted by Crippen LogP contribution is -3.00. The van der Waals surface area contributed by atoms with Crippen LogP contribution in [0.4, 0.5) is 0 Å². The van der Waals surface area contributed by atoms with Gasteiger partial charge in [-0.15, -0.1) is 5.10 Å². The lowest BCUT2D eigenvalue weighted by Gasteiger charge is -2.13. The summed E-state index contributed by atoms with van der Waals surface area (Å²) in [5.74, 6) is 1.91. The van der Waals surface area contributed by atoms with Crippen LogP contribution in [0.15, 0.2) is 41.6 Å². The molecule has 0 radical (unpaired) electrons. The molecule has 1 aromatic heterocycles. The Morgan fingerprint density at radius 1 is 1.20 bits per heavy atom. The van der Waals surface area contributed by atoms with Gasteiger partial charge in [0.15, 0.2) is 0 Å². The van der Waals surface area contributed by atoms with Crippen LogP contribution in [0.5, 0.6) is 5.75 Å². The van der Waals surface area contributed by atoms with Crippen molar-refractivity contribution in [3.63, 3.8) is 0 Å². The minimum Gasteiger partial charge on any atom is -1.00 e. The van der Waals surface area contributed by atoms with E-state index in [1.54, 1.807) is 23.6 Å². The van der Waals surface area contributed by atoms with E-state index in [1.807, 2.05) is 13.1 Å². The first-order chi connectivity index (χ1) is 11.8. The van der Waals surface area contributed by atoms with Gasteiger partial charge in [0.05, 0.1) is 7.11 Å². The van der Waals surface area contributed by atoms with Crippen molar-refractivity contribution >= 4 is 22.5 Å². The van der Waals surface area contributed by atoms with E-state index in [2.05, 4.69) is 51.2 Å². The van der Waals surface area contributed by atoms with Crippen molar-refractivity contribution in [2.45, 2.75) is 18.1 Å². The largest absolute Gasteiger partial charge is 1.00 e. The van der Waals surface area contributed by atoms with Gasteiger partial charge in [0.25, 0.3) is 0 Å². The predicted octanol–water partition coefficient (Wildman–Crippen LogP) is -0.352. The number of benzene rings is 2. The van der Waals surface area contributed by atoms with Gasteiger partial charge in [-0.2, -0.15) is 0 Å². The molecule has 0 unspecified atom stereocenters. The third-order valence-electron chi connectivity index (χ3n) is 3.83. The van der Waals surface area contributed by atoms with E-state index in [0.717, 1.165) is 36.2 Å². The Kier molecular flexibility index (Phi) is 7.49. The van der Waals surface area contributed by atoms with Crippen molar-refractivity contribution < 1.29 is 17.1 Å². The Balaban J connectivity index is 0.00000225. The summed E-state index contributed by atoms with van der Waals surface area (Å²) in [6, 6.07) is 12.5. The highest BCUT2D eigenvalue weighted by atomic mass is 35.5. The number of hydrogen-bond donors (Lipinski definition) is 1. The quantitative estimate of drug-likeness (QED) is 0.427. The van der Waals surface area contributed by atoms with Crippen molar-refractivity contribution in [3.8, 4) is 5.75 Å². The number of fused-ring (bicyclic) bond motifs is 1. The lowest BCUT2D eigenvalue weighted by molar-refractivity contribution is -0.00000535. The van der Waals surface area contributed by atoms with E-state index in [9.17, 15) is 0 Å². The molecule has 3 aromatic rings. The molecular formula is C17H21ClN5OS-. The van der Waals surface area contributed by atoms with Gasteiger partial charge in [-0.05, 0) is 40.2 Å². The molecule has 0 atom stereocenters. The van der Waals surface area contributed by atoms with Gasteiger partial charge in [0, 0.05) is 24.9 Å². The third kappa shape index (κ3) is 4.84. The van der Waals surface area contributed by atoms with E-state index >= 15 is 0 Å². The van der Waals surface area contributed by atoms with Gasteiger partial charge in [0.2, 0.25) is 5.16 Å². The molecule has 134 valence electrons. The summed E-state index contributed by atoms with van der Waals surface area (Å²) >= 11 is 1.67. The van der Waals surface area contributed by atoms with Crippen molar-refractivity contribution in [3.05, 3.63) is 42.0 Å². The highest BCUT2D eigenvalue weighted by Gasteiger charge is 2.08. The van der Waals surface area contributed by atoms with E-state index in [0.29, 0.717) is 0 Å². The standard InChI is InChI=1S/C17H21N5OS.ClH/c1-22-17(19-20-21-22)24-11-5-10-18-12-15-14-7-4-3-6-13(14)8-9-16(15)23-2;/h3-4,6-9,18H,5,10-12H2,1-2H3;1H/p-1. The van der Waals surface area contributed by atoms with Crippen molar-refractivity contribution in [2.24, 2.45) is 7.05 Å². The molecule has 0 saturated heterocycles. The molecule has 8 heteroatoms. The first-order valence-corrected chi connectivity index (χ1v) is 8.88. The van der Waals surface area contributed by atoms with Crippen LogP contribution >= 0.6 is 11.8 Å². The van der Waals surface area contributed by atoms with Crippen LogP contribution < -0.4 is 22.5 Å². The number of rotatable bonds is 8. The highest BCUT2D eigenvalue weighted by molar-refractivity contribution is 7.99. The fraction of sp³-hybridized carbons (Fsp3) is 0.353. The molecule has 1 heterocycles. The van der Waals surface area contributed by atoms with E-state index in [1.165, 1.54) is 16.3 Å². The minimum absolute atomic E-state index is 0. The topological polar surface area (TPSA) is 64.9 Å². The molecule has 1 N–H and O–H groups in total. The summed E-state index contributed by atoms with van der Waals surface area (Å²) in [6.07, 6.45) is 1.05. The molecule has 0 aliphatic carbocycles. The second-order valence-electron chi connectivity index (χ2n) is 5.43. The second kappa shape index (κ2) is 9.60. The molecule has 0 saturated carbocycles. The molecule has 2 aromatic carbocycles. The van der Waals surface area contributed by atoms with Crippen LogP contribution in [0.25, 0.3) is 10.8 Å². The summed E-state index contributed by atoms with van der Waals surface area (Å²) in [4.78, 5) is 0. The van der Waals surface area contributed by atoms with E-state index < -0.39 is 0 Å². The van der Waals surface area contributed by atoms with Crippen LogP contribution in [-0.2, 0) is 13.6 Å². The molecule has 0 fully saturated rings. The number of halogens is 1. The summed E-state index contributed by atoms with van der Waals surface area (Å²) in [5, 5.41) is 18.3. The number of methoxy groups -OCH3 is 1. The van der Waals surface area contributed by atoms with Crippen LogP contribution in [-0.4, -0.2) is 39.6 Å². The summed E-state index contributed by atoms with van der Waals surface area (Å²) in [6.45, 7) is 1.73. The Labute approximate surface area is 157 Å². The maximum Gasteiger partial charge on any atom is 0.209 e. The van der Waals surface area contributed by atoms with Gasteiger partial charge in [0.1, 0.15) is 5.75 Å². The second-order valence-corrected chi connectivity index (χ2v) is 6.49. The lowest BCUT2D eigenvalue weighted by atomic mass is 10.0. The van der Waals surface area contributed by atoms with Gasteiger partial charge < -0.3 is 22.5 Å². The minimum atomic E-state index is 0. The van der Waals surface area contributed by atoms with Crippen molar-refractivity contribution in [2.75, 3.05) is 19.4 Å². The maximum absolute atomic E-state index is 5.52. The average molecular weight is 379 g/mol. The SMILES string of the molecule is COc1ccc2ccccc2c1CNCCCSc1nnnn1C.[Cl-]. The molecule has 0 aliphatic rings. The molecule has 0 bridgehead atoms. The Bertz CT molecular complexity index is 811. The monoisotopic (exact) mass is 378 g/mol. The number of nitrogens with one attached hydrogen (secondary N) is 1. The summed E-state index contributed by atoms with van der Waals surface area (Å²) in [5.41, 5.74) is 1.21. The smallest absolute Gasteiger partial charge is 0.209 e. The zero-order valence-corrected chi connectivity index (χ0v) is 15.8. The molecule has 0 spiro atoms. The van der Waals surface area contributed by atoms with Crippen LogP contribution in [0, 0.1) is 0 Å². The zero-order chi connectivity index (χ0) is 16.8. The number of thioether (sulfide) groups is 1. The van der Waals surface area contributed by atoms with Gasteiger partial charge in [-0.3, -0.25) is 0 Å². The van der Waals surface area contributed by atoms with Crippen molar-refractivity contribution in [1.29, 1.82) is 0 Å².